The number of hydrogen-bond donors (Lipinski definition) is 1. The standard InChI is InChI=1S/C18H20N4O2/c23-17-10-13(11-22(17)15-4-2-1-3-5-15)18(24)20-14-6-7-16-19-8-9-21(16)12-14/h1-5,8-9,13-14H,6-7,10-12H2,(H,20,24)/t13-,14+/m0/s1. The molecule has 2 amide bonds. The number of fused-ring (bicyclic) bond motifs is 1. The van der Waals surface area contributed by atoms with Gasteiger partial charge >= 0.3 is 0 Å². The van der Waals surface area contributed by atoms with Crippen molar-refractivity contribution in [2.24, 2.45) is 5.92 Å². The maximum atomic E-state index is 12.6. The maximum absolute atomic E-state index is 12.6. The number of imidazole rings is 1. The van der Waals surface area contributed by atoms with Crippen molar-refractivity contribution in [1.29, 1.82) is 0 Å². The summed E-state index contributed by atoms with van der Waals surface area (Å²) in [5, 5.41) is 3.12. The highest BCUT2D eigenvalue weighted by Crippen LogP contribution is 2.25. The maximum Gasteiger partial charge on any atom is 0.227 e. The van der Waals surface area contributed by atoms with E-state index in [4.69, 9.17) is 0 Å². The summed E-state index contributed by atoms with van der Waals surface area (Å²) in [6.07, 6.45) is 5.80. The van der Waals surface area contributed by atoms with E-state index in [0.717, 1.165) is 30.9 Å². The number of nitrogens with one attached hydrogen (secondary N) is 1. The van der Waals surface area contributed by atoms with Crippen molar-refractivity contribution in [2.75, 3.05) is 11.4 Å². The van der Waals surface area contributed by atoms with Gasteiger partial charge in [0.25, 0.3) is 0 Å². The smallest absolute Gasteiger partial charge is 0.227 e. The van der Waals surface area contributed by atoms with E-state index in [1.807, 2.05) is 36.5 Å². The van der Waals surface area contributed by atoms with Crippen LogP contribution in [0.25, 0.3) is 0 Å². The average molecular weight is 324 g/mol. The molecule has 2 aliphatic heterocycles. The van der Waals surface area contributed by atoms with Crippen molar-refractivity contribution >= 4 is 17.5 Å². The van der Waals surface area contributed by atoms with Crippen molar-refractivity contribution in [3.8, 4) is 0 Å². The summed E-state index contributed by atoms with van der Waals surface area (Å²) in [5.41, 5.74) is 0.860. The first-order valence-electron chi connectivity index (χ1n) is 8.36. The normalized spacial score (nSPS) is 23.2. The van der Waals surface area contributed by atoms with E-state index < -0.39 is 0 Å². The van der Waals surface area contributed by atoms with Crippen LogP contribution in [0.2, 0.25) is 0 Å². The van der Waals surface area contributed by atoms with E-state index in [9.17, 15) is 9.59 Å². The van der Waals surface area contributed by atoms with E-state index in [2.05, 4.69) is 14.9 Å². The third-order valence-electron chi connectivity index (χ3n) is 4.85. The molecular formula is C18H20N4O2. The Kier molecular flexibility index (Phi) is 3.80. The van der Waals surface area contributed by atoms with Gasteiger partial charge in [-0.2, -0.15) is 0 Å². The van der Waals surface area contributed by atoms with Gasteiger partial charge in [-0.3, -0.25) is 9.59 Å². The van der Waals surface area contributed by atoms with E-state index in [1.165, 1.54) is 0 Å². The summed E-state index contributed by atoms with van der Waals surface area (Å²) < 4.78 is 2.09. The monoisotopic (exact) mass is 324 g/mol. The van der Waals surface area contributed by atoms with Gasteiger partial charge in [-0.1, -0.05) is 18.2 Å². The Morgan fingerprint density at radius 2 is 2.04 bits per heavy atom. The zero-order chi connectivity index (χ0) is 16.5. The molecule has 6 heteroatoms. The summed E-state index contributed by atoms with van der Waals surface area (Å²) in [7, 11) is 0. The Morgan fingerprint density at radius 1 is 1.21 bits per heavy atom. The van der Waals surface area contributed by atoms with Gasteiger partial charge < -0.3 is 14.8 Å². The molecule has 2 aromatic rings. The molecule has 1 N–H and O–H groups in total. The predicted octanol–water partition coefficient (Wildman–Crippen LogP) is 1.37. The first-order chi connectivity index (χ1) is 11.7. The minimum absolute atomic E-state index is 0.0156. The van der Waals surface area contributed by atoms with Crippen LogP contribution >= 0.6 is 0 Å². The van der Waals surface area contributed by atoms with E-state index >= 15 is 0 Å². The predicted molar refractivity (Wildman–Crippen MR) is 89.4 cm³/mol. The van der Waals surface area contributed by atoms with E-state index in [0.29, 0.717) is 6.54 Å². The Hall–Kier alpha value is -2.63. The van der Waals surface area contributed by atoms with E-state index in [1.54, 1.807) is 11.1 Å². The number of aromatic nitrogens is 2. The number of aryl methyl sites for hydroxylation is 1. The molecule has 0 unspecified atom stereocenters. The third kappa shape index (κ3) is 2.79. The molecule has 0 radical (unpaired) electrons. The topological polar surface area (TPSA) is 67.2 Å². The van der Waals surface area contributed by atoms with Crippen LogP contribution in [0.5, 0.6) is 0 Å². The van der Waals surface area contributed by atoms with Crippen LogP contribution in [-0.2, 0) is 22.6 Å². The van der Waals surface area contributed by atoms with Crippen LogP contribution in [0, 0.1) is 5.92 Å². The number of benzene rings is 1. The highest BCUT2D eigenvalue weighted by Gasteiger charge is 2.36. The second kappa shape index (κ2) is 6.11. The molecule has 1 saturated heterocycles. The van der Waals surface area contributed by atoms with Gasteiger partial charge in [-0.15, -0.1) is 0 Å². The minimum Gasteiger partial charge on any atom is -0.351 e. The van der Waals surface area contributed by atoms with Gasteiger partial charge in [-0.25, -0.2) is 4.98 Å². The fraction of sp³-hybridized carbons (Fsp3) is 0.389. The number of carbonyl (C=O) groups is 2. The lowest BCUT2D eigenvalue weighted by Crippen LogP contribution is -2.44. The SMILES string of the molecule is O=C(N[C@@H]1CCc2nccn2C1)[C@H]1CC(=O)N(c2ccccc2)C1. The fourth-order valence-electron chi connectivity index (χ4n) is 3.54. The zero-order valence-corrected chi connectivity index (χ0v) is 13.4. The highest BCUT2D eigenvalue weighted by molar-refractivity contribution is 6.00. The quantitative estimate of drug-likeness (QED) is 0.927. The fourth-order valence-corrected chi connectivity index (χ4v) is 3.54. The largest absolute Gasteiger partial charge is 0.351 e. The summed E-state index contributed by atoms with van der Waals surface area (Å²) in [6.45, 7) is 1.21. The summed E-state index contributed by atoms with van der Waals surface area (Å²) in [6, 6.07) is 9.64. The molecule has 0 spiro atoms. The lowest BCUT2D eigenvalue weighted by Gasteiger charge is -2.26. The molecule has 24 heavy (non-hydrogen) atoms. The average Bonchev–Trinajstić information content (AvgIpc) is 3.21. The highest BCUT2D eigenvalue weighted by atomic mass is 16.2. The van der Waals surface area contributed by atoms with Crippen molar-refractivity contribution in [3.63, 3.8) is 0 Å². The number of rotatable bonds is 3. The Bertz CT molecular complexity index is 755. The molecule has 0 saturated carbocycles. The molecule has 2 aliphatic rings. The molecule has 124 valence electrons. The Balaban J connectivity index is 1.38. The molecular weight excluding hydrogens is 304 g/mol. The summed E-state index contributed by atoms with van der Waals surface area (Å²) in [4.78, 5) is 30.8. The number of para-hydroxylation sites is 1. The second-order valence-electron chi connectivity index (χ2n) is 6.48. The molecule has 0 aliphatic carbocycles. The lowest BCUT2D eigenvalue weighted by molar-refractivity contribution is -0.127. The van der Waals surface area contributed by atoms with Crippen LogP contribution in [-0.4, -0.2) is 34.0 Å². The minimum atomic E-state index is -0.276. The molecule has 3 heterocycles. The molecule has 2 atom stereocenters. The molecule has 6 nitrogen and oxygen atoms in total. The zero-order valence-electron chi connectivity index (χ0n) is 13.4. The van der Waals surface area contributed by atoms with E-state index in [-0.39, 0.29) is 30.2 Å². The summed E-state index contributed by atoms with van der Waals surface area (Å²) in [5.74, 6) is 0.797. The third-order valence-corrected chi connectivity index (χ3v) is 4.85. The van der Waals surface area contributed by atoms with Crippen molar-refractivity contribution in [3.05, 3.63) is 48.5 Å². The number of hydrogen-bond acceptors (Lipinski definition) is 3. The van der Waals surface area contributed by atoms with Gasteiger partial charge in [0.2, 0.25) is 11.8 Å². The lowest BCUT2D eigenvalue weighted by atomic mass is 10.0. The van der Waals surface area contributed by atoms with Gasteiger partial charge in [0.1, 0.15) is 5.82 Å². The number of amides is 2. The van der Waals surface area contributed by atoms with Crippen LogP contribution in [0.3, 0.4) is 0 Å². The van der Waals surface area contributed by atoms with Gasteiger partial charge in [0.15, 0.2) is 0 Å². The molecule has 0 bridgehead atoms. The van der Waals surface area contributed by atoms with Crippen molar-refractivity contribution in [2.45, 2.75) is 31.8 Å². The first kappa shape index (κ1) is 14.9. The Labute approximate surface area is 140 Å². The van der Waals surface area contributed by atoms with Crippen molar-refractivity contribution in [1.82, 2.24) is 14.9 Å². The molecule has 1 aromatic heterocycles. The molecule has 4 rings (SSSR count). The van der Waals surface area contributed by atoms with Gasteiger partial charge in [0.05, 0.1) is 5.92 Å². The molecule has 1 aromatic carbocycles. The number of carbonyl (C=O) groups excluding carboxylic acids is 2. The number of anilines is 1. The van der Waals surface area contributed by atoms with Crippen LogP contribution in [0.4, 0.5) is 5.69 Å². The number of nitrogens with zero attached hydrogens (tertiary/aromatic N) is 3. The second-order valence-corrected chi connectivity index (χ2v) is 6.48. The van der Waals surface area contributed by atoms with Gasteiger partial charge in [-0.05, 0) is 18.6 Å². The van der Waals surface area contributed by atoms with Crippen molar-refractivity contribution < 1.29 is 9.59 Å². The van der Waals surface area contributed by atoms with Crippen LogP contribution in [0.1, 0.15) is 18.7 Å². The first-order valence-corrected chi connectivity index (χ1v) is 8.36. The van der Waals surface area contributed by atoms with Crippen LogP contribution in [0.15, 0.2) is 42.7 Å². The van der Waals surface area contributed by atoms with Crippen LogP contribution < -0.4 is 10.2 Å². The molecule has 1 fully saturated rings. The van der Waals surface area contributed by atoms with Gasteiger partial charge in [0, 0.05) is 50.1 Å². The summed E-state index contributed by atoms with van der Waals surface area (Å²) >= 11 is 0. The Morgan fingerprint density at radius 3 is 2.88 bits per heavy atom.